The number of benzene rings is 2. The fourth-order valence-corrected chi connectivity index (χ4v) is 4.55. The van der Waals surface area contributed by atoms with Crippen molar-refractivity contribution in [2.24, 2.45) is 5.73 Å². The summed E-state index contributed by atoms with van der Waals surface area (Å²) < 4.78 is 5.69. The number of rotatable bonds is 7. The third-order valence-corrected chi connectivity index (χ3v) is 6.02. The summed E-state index contributed by atoms with van der Waals surface area (Å²) in [5.74, 6) is 1.35. The number of nitriles is 1. The smallest absolute Gasteiger partial charge is 0.137 e. The molecule has 1 aliphatic carbocycles. The van der Waals surface area contributed by atoms with Crippen molar-refractivity contribution in [3.63, 3.8) is 0 Å². The highest BCUT2D eigenvalue weighted by molar-refractivity contribution is 7.99. The van der Waals surface area contributed by atoms with Crippen LogP contribution in [0, 0.1) is 16.7 Å². The summed E-state index contributed by atoms with van der Waals surface area (Å²) in [5.41, 5.74) is 11.5. The van der Waals surface area contributed by atoms with Gasteiger partial charge in [0.15, 0.2) is 0 Å². The zero-order chi connectivity index (χ0) is 19.4. The van der Waals surface area contributed by atoms with Crippen molar-refractivity contribution in [1.82, 2.24) is 0 Å². The van der Waals surface area contributed by atoms with E-state index >= 15 is 0 Å². The van der Waals surface area contributed by atoms with Gasteiger partial charge in [0.1, 0.15) is 11.8 Å². The lowest BCUT2D eigenvalue weighted by Gasteiger charge is -2.17. The molecule has 0 aliphatic heterocycles. The Kier molecular flexibility index (Phi) is 6.20. The molecule has 0 bridgehead atoms. The van der Waals surface area contributed by atoms with E-state index in [-0.39, 0.29) is 17.4 Å². The first-order valence-electron chi connectivity index (χ1n) is 9.22. The second kappa shape index (κ2) is 8.60. The standard InChI is InChI=1S/C22H25N3OS/c1-14(2)26-21-9-6-15(10-16(21)11-23)13-27-22(12-24)19-5-3-4-18-17(19)7-8-20(18)25/h3-6,9-10,12,14,20,22,24H,7-8,13,25H2,1-2H3. The number of nitrogens with one attached hydrogen (secondary N) is 1. The molecule has 0 amide bonds. The number of nitrogens with zero attached hydrogens (tertiary/aromatic N) is 1. The first-order valence-corrected chi connectivity index (χ1v) is 10.3. The van der Waals surface area contributed by atoms with Gasteiger partial charge >= 0.3 is 0 Å². The third kappa shape index (κ3) is 4.35. The number of thioether (sulfide) groups is 1. The Morgan fingerprint density at radius 3 is 2.89 bits per heavy atom. The van der Waals surface area contributed by atoms with Crippen LogP contribution in [0.1, 0.15) is 59.4 Å². The average molecular weight is 380 g/mol. The zero-order valence-electron chi connectivity index (χ0n) is 15.7. The fraction of sp³-hybridized carbons (Fsp3) is 0.364. The van der Waals surface area contributed by atoms with Crippen molar-refractivity contribution >= 4 is 18.0 Å². The van der Waals surface area contributed by atoms with E-state index in [0.29, 0.717) is 11.3 Å². The minimum Gasteiger partial charge on any atom is -0.490 e. The summed E-state index contributed by atoms with van der Waals surface area (Å²) in [6.45, 7) is 3.90. The van der Waals surface area contributed by atoms with Crippen molar-refractivity contribution in [1.29, 1.82) is 10.7 Å². The van der Waals surface area contributed by atoms with Crippen LogP contribution in [0.4, 0.5) is 0 Å². The van der Waals surface area contributed by atoms with E-state index in [2.05, 4.69) is 18.2 Å². The summed E-state index contributed by atoms with van der Waals surface area (Å²) in [4.78, 5) is 0. The molecule has 0 heterocycles. The predicted octanol–water partition coefficient (Wildman–Crippen LogP) is 4.92. The van der Waals surface area contributed by atoms with Crippen LogP contribution < -0.4 is 10.5 Å². The largest absolute Gasteiger partial charge is 0.490 e. The van der Waals surface area contributed by atoms with Gasteiger partial charge in [-0.15, -0.1) is 11.8 Å². The fourth-order valence-electron chi connectivity index (χ4n) is 3.51. The Morgan fingerprint density at radius 1 is 1.37 bits per heavy atom. The maximum atomic E-state index is 9.40. The second-order valence-corrected chi connectivity index (χ2v) is 8.20. The van der Waals surface area contributed by atoms with E-state index in [1.807, 2.05) is 38.1 Å². The van der Waals surface area contributed by atoms with E-state index in [1.54, 1.807) is 11.8 Å². The highest BCUT2D eigenvalue weighted by Crippen LogP contribution is 2.39. The van der Waals surface area contributed by atoms with Gasteiger partial charge in [-0.2, -0.15) is 5.26 Å². The molecule has 2 aromatic rings. The van der Waals surface area contributed by atoms with Gasteiger partial charge in [0.2, 0.25) is 0 Å². The number of nitrogens with two attached hydrogens (primary N) is 1. The van der Waals surface area contributed by atoms with Gasteiger partial charge in [0, 0.05) is 18.0 Å². The molecular weight excluding hydrogens is 354 g/mol. The lowest BCUT2D eigenvalue weighted by molar-refractivity contribution is 0.241. The van der Waals surface area contributed by atoms with Crippen LogP contribution in [0.5, 0.6) is 5.75 Å². The molecule has 2 unspecified atom stereocenters. The molecule has 3 rings (SSSR count). The monoisotopic (exact) mass is 379 g/mol. The molecule has 3 N–H and O–H groups in total. The van der Waals surface area contributed by atoms with E-state index in [9.17, 15) is 5.26 Å². The van der Waals surface area contributed by atoms with Crippen LogP contribution in [0.3, 0.4) is 0 Å². The van der Waals surface area contributed by atoms with Gasteiger partial charge in [0.05, 0.1) is 16.9 Å². The molecule has 27 heavy (non-hydrogen) atoms. The average Bonchev–Trinajstić information content (AvgIpc) is 3.04. The highest BCUT2D eigenvalue weighted by atomic mass is 32.2. The Morgan fingerprint density at radius 2 is 2.19 bits per heavy atom. The molecule has 5 heteroatoms. The Bertz CT molecular complexity index is 872. The van der Waals surface area contributed by atoms with E-state index in [0.717, 1.165) is 24.2 Å². The Labute approximate surface area is 165 Å². The summed E-state index contributed by atoms with van der Waals surface area (Å²) in [6.07, 6.45) is 3.50. The molecule has 0 saturated carbocycles. The molecule has 0 fully saturated rings. The molecule has 0 saturated heterocycles. The van der Waals surface area contributed by atoms with Crippen molar-refractivity contribution in [3.05, 3.63) is 64.2 Å². The maximum Gasteiger partial charge on any atom is 0.137 e. The first kappa shape index (κ1) is 19.5. The molecule has 2 atom stereocenters. The zero-order valence-corrected chi connectivity index (χ0v) is 16.6. The minimum atomic E-state index is -0.0117. The number of fused-ring (bicyclic) bond motifs is 1. The molecular formula is C22H25N3OS. The quantitative estimate of drug-likeness (QED) is 0.669. The molecule has 2 aromatic carbocycles. The summed E-state index contributed by atoms with van der Waals surface area (Å²) in [7, 11) is 0. The van der Waals surface area contributed by atoms with Gasteiger partial charge in [-0.3, -0.25) is 0 Å². The highest BCUT2D eigenvalue weighted by Gasteiger charge is 2.24. The second-order valence-electron chi connectivity index (χ2n) is 7.07. The van der Waals surface area contributed by atoms with Crippen molar-refractivity contribution in [3.8, 4) is 11.8 Å². The summed E-state index contributed by atoms with van der Waals surface area (Å²) in [6, 6.07) is 14.3. The Hall–Kier alpha value is -2.29. The van der Waals surface area contributed by atoms with E-state index in [1.165, 1.54) is 22.9 Å². The third-order valence-electron chi connectivity index (χ3n) is 4.77. The first-order chi connectivity index (χ1) is 13.0. The molecule has 1 aliphatic rings. The van der Waals surface area contributed by atoms with Crippen LogP contribution in [0.25, 0.3) is 0 Å². The van der Waals surface area contributed by atoms with Gasteiger partial charge < -0.3 is 15.9 Å². The predicted molar refractivity (Wildman–Crippen MR) is 111 cm³/mol. The lowest BCUT2D eigenvalue weighted by Crippen LogP contribution is -2.07. The van der Waals surface area contributed by atoms with Gasteiger partial charge in [0.25, 0.3) is 0 Å². The lowest BCUT2D eigenvalue weighted by atomic mass is 10.0. The number of hydrogen-bond acceptors (Lipinski definition) is 5. The van der Waals surface area contributed by atoms with Crippen molar-refractivity contribution < 1.29 is 4.74 Å². The summed E-state index contributed by atoms with van der Waals surface area (Å²) >= 11 is 1.70. The van der Waals surface area contributed by atoms with Gasteiger partial charge in [-0.25, -0.2) is 0 Å². The number of hydrogen-bond donors (Lipinski definition) is 2. The molecule has 0 radical (unpaired) electrons. The summed E-state index contributed by atoms with van der Waals surface area (Å²) in [5, 5.41) is 17.3. The van der Waals surface area contributed by atoms with Crippen LogP contribution in [-0.4, -0.2) is 12.3 Å². The van der Waals surface area contributed by atoms with Crippen molar-refractivity contribution in [2.75, 3.05) is 0 Å². The molecule has 0 aromatic heterocycles. The molecule has 4 nitrogen and oxygen atoms in total. The van der Waals surface area contributed by atoms with Crippen LogP contribution in [0.15, 0.2) is 36.4 Å². The minimum absolute atomic E-state index is 0.0117. The maximum absolute atomic E-state index is 9.40. The normalized spacial score (nSPS) is 16.6. The number of ether oxygens (including phenoxy) is 1. The van der Waals surface area contributed by atoms with Gasteiger partial charge in [-0.1, -0.05) is 24.3 Å². The van der Waals surface area contributed by atoms with Crippen LogP contribution in [0.2, 0.25) is 0 Å². The SMILES string of the molecule is CC(C)Oc1ccc(CSC(C=N)c2cccc3c2CCC3N)cc1C#N. The topological polar surface area (TPSA) is 82.9 Å². The van der Waals surface area contributed by atoms with Crippen molar-refractivity contribution in [2.45, 2.75) is 49.8 Å². The Balaban J connectivity index is 1.76. The van der Waals surface area contributed by atoms with E-state index in [4.69, 9.17) is 15.9 Å². The van der Waals surface area contributed by atoms with Crippen LogP contribution >= 0.6 is 11.8 Å². The van der Waals surface area contributed by atoms with Crippen LogP contribution in [-0.2, 0) is 12.2 Å². The van der Waals surface area contributed by atoms with Gasteiger partial charge in [-0.05, 0) is 61.1 Å². The molecule has 0 spiro atoms. The van der Waals surface area contributed by atoms with E-state index < -0.39 is 0 Å². The molecule has 140 valence electrons.